The topological polar surface area (TPSA) is 0 Å². The molecular weight excluding hydrogens is 216 g/mol. The second kappa shape index (κ2) is 8.23. The van der Waals surface area contributed by atoms with Gasteiger partial charge in [0, 0.05) is 0 Å². The van der Waals surface area contributed by atoms with Crippen LogP contribution in [0.4, 0.5) is 0 Å². The van der Waals surface area contributed by atoms with E-state index >= 15 is 0 Å². The van der Waals surface area contributed by atoms with Crippen LogP contribution in [0.5, 0.6) is 0 Å². The maximum atomic E-state index is 2.54. The fraction of sp³-hybridized carbons (Fsp3) is 1.00. The molecule has 0 heteroatoms. The molecule has 0 radical (unpaired) electrons. The van der Waals surface area contributed by atoms with Crippen LogP contribution >= 0.6 is 0 Å². The van der Waals surface area contributed by atoms with Crippen molar-refractivity contribution in [2.45, 2.75) is 98.3 Å². The number of hydrogen-bond donors (Lipinski definition) is 0. The molecule has 0 saturated heterocycles. The second-order valence-electron chi connectivity index (χ2n) is 7.46. The summed E-state index contributed by atoms with van der Waals surface area (Å²) in [6.45, 7) is 9.84. The lowest BCUT2D eigenvalue weighted by Crippen LogP contribution is -2.25. The number of hydrogen-bond acceptors (Lipinski definition) is 0. The first-order valence-electron chi connectivity index (χ1n) is 8.56. The minimum Gasteiger partial charge on any atom is -0.0654 e. The van der Waals surface area contributed by atoms with Gasteiger partial charge < -0.3 is 0 Å². The molecule has 1 fully saturated rings. The van der Waals surface area contributed by atoms with Gasteiger partial charge in [-0.3, -0.25) is 0 Å². The second-order valence-corrected chi connectivity index (χ2v) is 7.46. The quantitative estimate of drug-likeness (QED) is 0.500. The van der Waals surface area contributed by atoms with Crippen LogP contribution in [0.2, 0.25) is 0 Å². The van der Waals surface area contributed by atoms with Crippen LogP contribution < -0.4 is 0 Å². The fourth-order valence-electron chi connectivity index (χ4n) is 3.70. The van der Waals surface area contributed by atoms with Crippen LogP contribution in [0, 0.1) is 17.3 Å². The molecule has 0 amide bonds. The van der Waals surface area contributed by atoms with Gasteiger partial charge in [0.25, 0.3) is 0 Å². The molecule has 0 heterocycles. The van der Waals surface area contributed by atoms with Crippen LogP contribution in [0.1, 0.15) is 98.3 Å². The van der Waals surface area contributed by atoms with Crippen LogP contribution in [-0.4, -0.2) is 0 Å². The molecule has 18 heavy (non-hydrogen) atoms. The third kappa shape index (κ3) is 5.76. The van der Waals surface area contributed by atoms with E-state index in [1.165, 1.54) is 70.6 Å². The van der Waals surface area contributed by atoms with Crippen molar-refractivity contribution in [3.8, 4) is 0 Å². The summed E-state index contributed by atoms with van der Waals surface area (Å²) in [5, 5.41) is 0. The van der Waals surface area contributed by atoms with Crippen LogP contribution in [-0.2, 0) is 0 Å². The van der Waals surface area contributed by atoms with Gasteiger partial charge in [-0.05, 0) is 36.5 Å². The lowest BCUT2D eigenvalue weighted by Gasteiger charge is -2.36. The zero-order valence-electron chi connectivity index (χ0n) is 13.4. The van der Waals surface area contributed by atoms with Gasteiger partial charge in [-0.2, -0.15) is 0 Å². The van der Waals surface area contributed by atoms with E-state index in [1.807, 2.05) is 0 Å². The largest absolute Gasteiger partial charge is 0.0654 e. The highest BCUT2D eigenvalue weighted by Crippen LogP contribution is 2.40. The Kier molecular flexibility index (Phi) is 7.34. The molecule has 1 rings (SSSR count). The SMILES string of the molecule is CCCC(C)CCC(C)(C)C1CCCCCCC1. The Morgan fingerprint density at radius 2 is 1.50 bits per heavy atom. The first-order valence-corrected chi connectivity index (χ1v) is 8.56. The molecule has 1 aliphatic rings. The first kappa shape index (κ1) is 16.1. The first-order chi connectivity index (χ1) is 8.56. The third-order valence-electron chi connectivity index (χ3n) is 5.27. The molecule has 1 saturated carbocycles. The van der Waals surface area contributed by atoms with Gasteiger partial charge >= 0.3 is 0 Å². The summed E-state index contributed by atoms with van der Waals surface area (Å²) in [7, 11) is 0. The Morgan fingerprint density at radius 3 is 2.06 bits per heavy atom. The smallest absolute Gasteiger partial charge is 0.0326 e. The van der Waals surface area contributed by atoms with Crippen molar-refractivity contribution in [1.29, 1.82) is 0 Å². The van der Waals surface area contributed by atoms with E-state index in [0.717, 1.165) is 11.8 Å². The standard InChI is InChI=1S/C18H36/c1-5-11-16(2)14-15-18(3,4)17-12-9-7-6-8-10-13-17/h16-17H,5-15H2,1-4H3. The van der Waals surface area contributed by atoms with Crippen molar-refractivity contribution in [3.63, 3.8) is 0 Å². The fourth-order valence-corrected chi connectivity index (χ4v) is 3.70. The molecule has 0 N–H and O–H groups in total. The molecule has 1 unspecified atom stereocenters. The highest BCUT2D eigenvalue weighted by molar-refractivity contribution is 4.80. The van der Waals surface area contributed by atoms with Gasteiger partial charge in [-0.25, -0.2) is 0 Å². The molecule has 0 spiro atoms. The zero-order chi connectivity index (χ0) is 13.4. The van der Waals surface area contributed by atoms with Crippen molar-refractivity contribution in [1.82, 2.24) is 0 Å². The average molecular weight is 252 g/mol. The van der Waals surface area contributed by atoms with Gasteiger partial charge in [-0.1, -0.05) is 79.1 Å². The van der Waals surface area contributed by atoms with E-state index in [2.05, 4.69) is 27.7 Å². The normalized spacial score (nSPS) is 21.3. The molecule has 0 bridgehead atoms. The Labute approximate surface area is 116 Å². The lowest BCUT2D eigenvalue weighted by atomic mass is 9.69. The van der Waals surface area contributed by atoms with Gasteiger partial charge in [0.2, 0.25) is 0 Å². The highest BCUT2D eigenvalue weighted by Gasteiger charge is 2.29. The lowest BCUT2D eigenvalue weighted by molar-refractivity contribution is 0.146. The van der Waals surface area contributed by atoms with E-state index in [9.17, 15) is 0 Å². The Morgan fingerprint density at radius 1 is 0.944 bits per heavy atom. The molecule has 0 aliphatic heterocycles. The number of rotatable bonds is 6. The summed E-state index contributed by atoms with van der Waals surface area (Å²) in [4.78, 5) is 0. The van der Waals surface area contributed by atoms with Crippen molar-refractivity contribution >= 4 is 0 Å². The van der Waals surface area contributed by atoms with Gasteiger partial charge in [0.15, 0.2) is 0 Å². The summed E-state index contributed by atoms with van der Waals surface area (Å²) in [6.07, 6.45) is 16.1. The monoisotopic (exact) mass is 252 g/mol. The van der Waals surface area contributed by atoms with E-state index in [0.29, 0.717) is 5.41 Å². The summed E-state index contributed by atoms with van der Waals surface area (Å²) in [5.74, 6) is 1.93. The van der Waals surface area contributed by atoms with Gasteiger partial charge in [0.1, 0.15) is 0 Å². The van der Waals surface area contributed by atoms with E-state index in [4.69, 9.17) is 0 Å². The van der Waals surface area contributed by atoms with Crippen molar-refractivity contribution in [3.05, 3.63) is 0 Å². The van der Waals surface area contributed by atoms with Crippen molar-refractivity contribution < 1.29 is 0 Å². The predicted molar refractivity (Wildman–Crippen MR) is 82.9 cm³/mol. The Bertz CT molecular complexity index is 196. The molecular formula is C18H36. The molecule has 0 aromatic rings. The van der Waals surface area contributed by atoms with Crippen molar-refractivity contribution in [2.75, 3.05) is 0 Å². The minimum atomic E-state index is 0.583. The molecule has 0 nitrogen and oxygen atoms in total. The van der Waals surface area contributed by atoms with Crippen molar-refractivity contribution in [2.24, 2.45) is 17.3 Å². The maximum Gasteiger partial charge on any atom is -0.0326 e. The molecule has 108 valence electrons. The minimum absolute atomic E-state index is 0.583. The Hall–Kier alpha value is 0. The maximum absolute atomic E-state index is 2.54. The molecule has 0 aromatic heterocycles. The van der Waals surface area contributed by atoms with Crippen LogP contribution in [0.15, 0.2) is 0 Å². The van der Waals surface area contributed by atoms with Gasteiger partial charge in [-0.15, -0.1) is 0 Å². The summed E-state index contributed by atoms with van der Waals surface area (Å²) in [6, 6.07) is 0. The van der Waals surface area contributed by atoms with Crippen LogP contribution in [0.25, 0.3) is 0 Å². The zero-order valence-corrected chi connectivity index (χ0v) is 13.4. The molecule has 1 aliphatic carbocycles. The Balaban J connectivity index is 2.39. The predicted octanol–water partition coefficient (Wildman–Crippen LogP) is 6.59. The molecule has 0 aromatic carbocycles. The summed E-state index contributed by atoms with van der Waals surface area (Å²) < 4.78 is 0. The highest BCUT2D eigenvalue weighted by atomic mass is 14.3. The molecule has 1 atom stereocenters. The van der Waals surface area contributed by atoms with E-state index in [-0.39, 0.29) is 0 Å². The average Bonchev–Trinajstić information content (AvgIpc) is 2.26. The van der Waals surface area contributed by atoms with E-state index in [1.54, 1.807) is 0 Å². The van der Waals surface area contributed by atoms with Gasteiger partial charge in [0.05, 0.1) is 0 Å². The summed E-state index contributed by atoms with van der Waals surface area (Å²) in [5.41, 5.74) is 0.583. The third-order valence-corrected chi connectivity index (χ3v) is 5.27. The van der Waals surface area contributed by atoms with Crippen LogP contribution in [0.3, 0.4) is 0 Å². The summed E-state index contributed by atoms with van der Waals surface area (Å²) >= 11 is 0. The van der Waals surface area contributed by atoms with E-state index < -0.39 is 0 Å².